The smallest absolute Gasteiger partial charge is 0.254 e. The molecule has 0 radical (unpaired) electrons. The summed E-state index contributed by atoms with van der Waals surface area (Å²) < 4.78 is 13.1. The first-order valence-corrected chi connectivity index (χ1v) is 9.04. The van der Waals surface area contributed by atoms with E-state index in [9.17, 15) is 14.0 Å². The summed E-state index contributed by atoms with van der Waals surface area (Å²) in [6.07, 6.45) is 3.35. The van der Waals surface area contributed by atoms with Crippen LogP contribution in [-0.2, 0) is 17.6 Å². The maximum Gasteiger partial charge on any atom is 0.254 e. The van der Waals surface area contributed by atoms with Crippen LogP contribution in [-0.4, -0.2) is 35.8 Å². The molecule has 1 aliphatic heterocycles. The molecule has 2 aromatic rings. The molecule has 2 amide bonds. The lowest BCUT2D eigenvalue weighted by molar-refractivity contribution is -0.124. The maximum atomic E-state index is 13.1. The number of carbonyl (C=O) groups is 2. The normalized spacial score (nSPS) is 19.6. The molecule has 26 heavy (non-hydrogen) atoms. The van der Waals surface area contributed by atoms with E-state index in [2.05, 4.69) is 12.1 Å². The second-order valence-corrected chi connectivity index (χ2v) is 6.98. The number of aryl methyl sites for hydroxylation is 2. The number of fused-ring (bicyclic) bond motifs is 1. The van der Waals surface area contributed by atoms with Gasteiger partial charge in [-0.3, -0.25) is 9.59 Å². The Labute approximate surface area is 152 Å². The van der Waals surface area contributed by atoms with Gasteiger partial charge in [0.1, 0.15) is 11.9 Å². The van der Waals surface area contributed by atoms with Crippen molar-refractivity contribution in [2.24, 2.45) is 0 Å². The predicted octanol–water partition coefficient (Wildman–Crippen LogP) is 3.19. The van der Waals surface area contributed by atoms with Crippen molar-refractivity contribution in [3.8, 4) is 0 Å². The molecular weight excluding hydrogens is 331 g/mol. The number of hydrogen-bond donors (Lipinski definition) is 0. The van der Waals surface area contributed by atoms with Crippen molar-refractivity contribution in [1.29, 1.82) is 0 Å². The Morgan fingerprint density at radius 1 is 1.04 bits per heavy atom. The molecule has 1 heterocycles. The topological polar surface area (TPSA) is 40.6 Å². The summed E-state index contributed by atoms with van der Waals surface area (Å²) in [7, 11) is 0. The zero-order chi connectivity index (χ0) is 18.3. The summed E-state index contributed by atoms with van der Waals surface area (Å²) in [6.45, 7) is 2.68. The maximum absolute atomic E-state index is 13.1. The van der Waals surface area contributed by atoms with Crippen LogP contribution in [0.15, 0.2) is 42.5 Å². The van der Waals surface area contributed by atoms with Gasteiger partial charge in [0.25, 0.3) is 5.91 Å². The molecule has 1 aliphatic carbocycles. The van der Waals surface area contributed by atoms with E-state index in [1.165, 1.54) is 41.8 Å². The lowest BCUT2D eigenvalue weighted by atomic mass is 10.1. The number of carbonyl (C=O) groups excluding carboxylic acids is 2. The standard InChI is InChI=1S/C21H21FN2O2/c1-14-20(25)24(19-10-7-15-3-2-4-17(15)13-19)12-11-23(14)21(26)16-5-8-18(22)9-6-16/h5-10,13-14H,2-4,11-12H2,1H3. The fourth-order valence-corrected chi connectivity index (χ4v) is 3.89. The molecule has 2 aromatic carbocycles. The number of rotatable bonds is 2. The average Bonchev–Trinajstić information content (AvgIpc) is 3.12. The van der Waals surface area contributed by atoms with E-state index in [0.29, 0.717) is 18.7 Å². The van der Waals surface area contributed by atoms with Gasteiger partial charge < -0.3 is 9.80 Å². The van der Waals surface area contributed by atoms with Gasteiger partial charge in [-0.15, -0.1) is 0 Å². The highest BCUT2D eigenvalue weighted by molar-refractivity contribution is 6.03. The molecule has 0 spiro atoms. The van der Waals surface area contributed by atoms with Gasteiger partial charge in [0.2, 0.25) is 5.91 Å². The highest BCUT2D eigenvalue weighted by Gasteiger charge is 2.35. The fraction of sp³-hybridized carbons (Fsp3) is 0.333. The zero-order valence-corrected chi connectivity index (χ0v) is 14.7. The van der Waals surface area contributed by atoms with E-state index in [0.717, 1.165) is 18.5 Å². The monoisotopic (exact) mass is 352 g/mol. The molecule has 134 valence electrons. The third kappa shape index (κ3) is 2.87. The van der Waals surface area contributed by atoms with Crippen molar-refractivity contribution >= 4 is 17.5 Å². The van der Waals surface area contributed by atoms with Crippen molar-refractivity contribution in [3.05, 3.63) is 65.0 Å². The summed E-state index contributed by atoms with van der Waals surface area (Å²) in [5, 5.41) is 0. The quantitative estimate of drug-likeness (QED) is 0.833. The van der Waals surface area contributed by atoms with Gasteiger partial charge in [0.15, 0.2) is 0 Å². The fourth-order valence-electron chi connectivity index (χ4n) is 3.89. The van der Waals surface area contributed by atoms with Gasteiger partial charge >= 0.3 is 0 Å². The van der Waals surface area contributed by atoms with Gasteiger partial charge in [-0.2, -0.15) is 0 Å². The van der Waals surface area contributed by atoms with E-state index in [1.54, 1.807) is 16.7 Å². The molecule has 1 unspecified atom stereocenters. The molecule has 1 saturated heterocycles. The molecular formula is C21H21FN2O2. The van der Waals surface area contributed by atoms with Gasteiger partial charge in [-0.1, -0.05) is 6.07 Å². The highest BCUT2D eigenvalue weighted by atomic mass is 19.1. The Hall–Kier alpha value is -2.69. The Kier molecular flexibility index (Phi) is 4.23. The van der Waals surface area contributed by atoms with E-state index >= 15 is 0 Å². The largest absolute Gasteiger partial charge is 0.325 e. The summed E-state index contributed by atoms with van der Waals surface area (Å²) in [5.41, 5.74) is 4.01. The molecule has 0 saturated carbocycles. The van der Waals surface area contributed by atoms with Crippen LogP contribution in [0.1, 0.15) is 34.8 Å². The molecule has 1 fully saturated rings. The summed E-state index contributed by atoms with van der Waals surface area (Å²) in [5.74, 6) is -0.698. The van der Waals surface area contributed by atoms with Crippen LogP contribution in [0.5, 0.6) is 0 Å². The molecule has 4 rings (SSSR count). The molecule has 0 bridgehead atoms. The van der Waals surface area contributed by atoms with Gasteiger partial charge in [-0.05, 0) is 73.7 Å². The number of hydrogen-bond acceptors (Lipinski definition) is 2. The minimum absolute atomic E-state index is 0.0790. The lowest BCUT2D eigenvalue weighted by Crippen LogP contribution is -2.57. The number of halogens is 1. The van der Waals surface area contributed by atoms with Crippen molar-refractivity contribution in [2.75, 3.05) is 18.0 Å². The van der Waals surface area contributed by atoms with Gasteiger partial charge in [0, 0.05) is 24.3 Å². The van der Waals surface area contributed by atoms with Gasteiger partial charge in [0.05, 0.1) is 0 Å². The Morgan fingerprint density at radius 3 is 2.54 bits per heavy atom. The number of benzene rings is 2. The second-order valence-electron chi connectivity index (χ2n) is 6.98. The summed E-state index contributed by atoms with van der Waals surface area (Å²) in [4.78, 5) is 28.9. The summed E-state index contributed by atoms with van der Waals surface area (Å²) >= 11 is 0. The molecule has 1 atom stereocenters. The van der Waals surface area contributed by atoms with Crippen LogP contribution >= 0.6 is 0 Å². The number of nitrogens with zero attached hydrogens (tertiary/aromatic N) is 2. The van der Waals surface area contributed by atoms with Crippen molar-refractivity contribution in [2.45, 2.75) is 32.2 Å². The van der Waals surface area contributed by atoms with Crippen molar-refractivity contribution < 1.29 is 14.0 Å². The lowest BCUT2D eigenvalue weighted by Gasteiger charge is -2.39. The van der Waals surface area contributed by atoms with Crippen LogP contribution in [0.3, 0.4) is 0 Å². The van der Waals surface area contributed by atoms with Crippen LogP contribution in [0, 0.1) is 5.82 Å². The first-order chi connectivity index (χ1) is 12.5. The second kappa shape index (κ2) is 6.56. The van der Waals surface area contributed by atoms with Crippen LogP contribution in [0.4, 0.5) is 10.1 Å². The van der Waals surface area contributed by atoms with Crippen LogP contribution in [0.25, 0.3) is 0 Å². The predicted molar refractivity (Wildman–Crippen MR) is 97.7 cm³/mol. The minimum Gasteiger partial charge on any atom is -0.325 e. The van der Waals surface area contributed by atoms with Gasteiger partial charge in [-0.25, -0.2) is 4.39 Å². The summed E-state index contributed by atoms with van der Waals surface area (Å²) in [6, 6.07) is 11.1. The molecule has 5 heteroatoms. The van der Waals surface area contributed by atoms with E-state index < -0.39 is 6.04 Å². The Morgan fingerprint density at radius 2 is 1.77 bits per heavy atom. The first-order valence-electron chi connectivity index (χ1n) is 9.04. The third-order valence-corrected chi connectivity index (χ3v) is 5.40. The van der Waals surface area contributed by atoms with E-state index in [-0.39, 0.29) is 17.6 Å². The number of anilines is 1. The SMILES string of the molecule is CC1C(=O)N(c2ccc3c(c2)CCC3)CCN1C(=O)c1ccc(F)cc1. The number of piperazine rings is 1. The highest BCUT2D eigenvalue weighted by Crippen LogP contribution is 2.28. The van der Waals surface area contributed by atoms with Crippen molar-refractivity contribution in [3.63, 3.8) is 0 Å². The average molecular weight is 352 g/mol. The third-order valence-electron chi connectivity index (χ3n) is 5.40. The molecule has 0 N–H and O–H groups in total. The van der Waals surface area contributed by atoms with E-state index in [4.69, 9.17) is 0 Å². The van der Waals surface area contributed by atoms with Crippen LogP contribution in [0.2, 0.25) is 0 Å². The molecule has 2 aliphatic rings. The first kappa shape index (κ1) is 16.8. The Bertz CT molecular complexity index is 863. The molecule has 4 nitrogen and oxygen atoms in total. The zero-order valence-electron chi connectivity index (χ0n) is 14.7. The van der Waals surface area contributed by atoms with E-state index in [1.807, 2.05) is 6.07 Å². The van der Waals surface area contributed by atoms with Crippen LogP contribution < -0.4 is 4.90 Å². The minimum atomic E-state index is -0.547. The Balaban J connectivity index is 1.53. The van der Waals surface area contributed by atoms with Crippen molar-refractivity contribution in [1.82, 2.24) is 4.90 Å². The number of amides is 2. The molecule has 0 aromatic heterocycles.